The maximum atomic E-state index is 13.1. The summed E-state index contributed by atoms with van der Waals surface area (Å²) in [6.45, 7) is 0.599. The maximum absolute atomic E-state index is 13.1. The Kier molecular flexibility index (Phi) is 2.59. The van der Waals surface area contributed by atoms with Gasteiger partial charge in [-0.25, -0.2) is 9.37 Å². The number of rotatable bonds is 3. The summed E-state index contributed by atoms with van der Waals surface area (Å²) >= 11 is 0. The van der Waals surface area contributed by atoms with Crippen molar-refractivity contribution in [2.45, 2.75) is 38.0 Å². The molecule has 1 aromatic heterocycles. The molecule has 0 amide bonds. The van der Waals surface area contributed by atoms with Gasteiger partial charge in [0, 0.05) is 12.6 Å². The molecule has 4 heteroatoms. The second-order valence-corrected chi connectivity index (χ2v) is 3.41. The zero-order valence-electron chi connectivity index (χ0n) is 7.37. The van der Waals surface area contributed by atoms with Gasteiger partial charge in [-0.05, 0) is 19.3 Å². The number of nitrogens with one attached hydrogen (secondary N) is 1. The van der Waals surface area contributed by atoms with E-state index in [1.165, 1.54) is 6.39 Å². The number of aromatic nitrogens is 1. The highest BCUT2D eigenvalue weighted by Gasteiger charge is 2.26. The first-order valence-electron chi connectivity index (χ1n) is 4.61. The first-order chi connectivity index (χ1) is 6.36. The maximum Gasteiger partial charge on any atom is 0.180 e. The molecule has 2 atom stereocenters. The van der Waals surface area contributed by atoms with Crippen molar-refractivity contribution >= 4 is 0 Å². The average Bonchev–Trinajstić information content (AvgIpc) is 2.72. The molecule has 1 saturated carbocycles. The van der Waals surface area contributed by atoms with E-state index in [0.29, 0.717) is 13.0 Å². The van der Waals surface area contributed by atoms with Gasteiger partial charge in [-0.15, -0.1) is 0 Å². The molecule has 1 aliphatic carbocycles. The predicted molar refractivity (Wildman–Crippen MR) is 45.9 cm³/mol. The van der Waals surface area contributed by atoms with Crippen LogP contribution in [0.15, 0.2) is 17.1 Å². The van der Waals surface area contributed by atoms with Crippen LogP contribution in [0.25, 0.3) is 0 Å². The van der Waals surface area contributed by atoms with E-state index in [4.69, 9.17) is 4.42 Å². The molecule has 13 heavy (non-hydrogen) atoms. The van der Waals surface area contributed by atoms with Crippen LogP contribution in [0.5, 0.6) is 0 Å². The molecule has 3 nitrogen and oxygen atoms in total. The minimum atomic E-state index is -0.688. The fourth-order valence-electron chi connectivity index (χ4n) is 1.71. The fraction of sp³-hybridized carbons (Fsp3) is 0.667. The predicted octanol–water partition coefficient (Wildman–Crippen LogP) is 1.65. The van der Waals surface area contributed by atoms with Crippen molar-refractivity contribution in [1.29, 1.82) is 0 Å². The minimum absolute atomic E-state index is 0.0108. The third-order valence-corrected chi connectivity index (χ3v) is 2.46. The monoisotopic (exact) mass is 184 g/mol. The number of hydrogen-bond acceptors (Lipinski definition) is 3. The van der Waals surface area contributed by atoms with Crippen molar-refractivity contribution in [3.8, 4) is 0 Å². The molecule has 0 bridgehead atoms. The van der Waals surface area contributed by atoms with Crippen LogP contribution in [0, 0.1) is 0 Å². The molecule has 1 heterocycles. The Morgan fingerprint density at radius 3 is 3.15 bits per heavy atom. The van der Waals surface area contributed by atoms with Crippen molar-refractivity contribution in [3.05, 3.63) is 18.4 Å². The van der Waals surface area contributed by atoms with Crippen LogP contribution in [0.3, 0.4) is 0 Å². The number of hydrogen-bond donors (Lipinski definition) is 1. The Labute approximate surface area is 76.3 Å². The quantitative estimate of drug-likeness (QED) is 0.776. The van der Waals surface area contributed by atoms with Gasteiger partial charge in [-0.3, -0.25) is 0 Å². The van der Waals surface area contributed by atoms with E-state index in [1.807, 2.05) is 0 Å². The summed E-state index contributed by atoms with van der Waals surface area (Å²) in [7, 11) is 0. The Hall–Kier alpha value is -0.900. The molecule has 72 valence electrons. The van der Waals surface area contributed by atoms with Gasteiger partial charge >= 0.3 is 0 Å². The number of nitrogens with zero attached hydrogens (tertiary/aromatic N) is 1. The number of alkyl halides is 1. The molecule has 0 saturated heterocycles. The Balaban J connectivity index is 1.79. The van der Waals surface area contributed by atoms with Gasteiger partial charge in [0.15, 0.2) is 6.39 Å². The van der Waals surface area contributed by atoms with Crippen molar-refractivity contribution in [2.24, 2.45) is 0 Å². The lowest BCUT2D eigenvalue weighted by Gasteiger charge is -2.13. The summed E-state index contributed by atoms with van der Waals surface area (Å²) in [6.07, 6.45) is 4.88. The van der Waals surface area contributed by atoms with Gasteiger partial charge in [0.05, 0.1) is 5.69 Å². The van der Waals surface area contributed by atoms with E-state index in [1.54, 1.807) is 6.26 Å². The van der Waals surface area contributed by atoms with Gasteiger partial charge in [-0.2, -0.15) is 0 Å². The molecule has 1 N–H and O–H groups in total. The van der Waals surface area contributed by atoms with Crippen LogP contribution in [-0.2, 0) is 6.54 Å². The second kappa shape index (κ2) is 3.87. The fourth-order valence-corrected chi connectivity index (χ4v) is 1.71. The molecule has 0 aliphatic heterocycles. The van der Waals surface area contributed by atoms with Gasteiger partial charge in [0.2, 0.25) is 0 Å². The molecule has 0 spiro atoms. The number of oxazole rings is 1. The number of halogens is 1. The second-order valence-electron chi connectivity index (χ2n) is 3.41. The molecule has 1 aromatic rings. The zero-order chi connectivity index (χ0) is 9.10. The standard InChI is InChI=1S/C9H13FN2O/c10-8-2-1-3-9(8)11-4-7-5-13-6-12-7/h5-6,8-9,11H,1-4H2. The van der Waals surface area contributed by atoms with Crippen LogP contribution in [-0.4, -0.2) is 17.2 Å². The largest absolute Gasteiger partial charge is 0.451 e. The lowest BCUT2D eigenvalue weighted by Crippen LogP contribution is -2.32. The van der Waals surface area contributed by atoms with Crippen LogP contribution < -0.4 is 5.32 Å². The highest BCUT2D eigenvalue weighted by atomic mass is 19.1. The summed E-state index contributed by atoms with van der Waals surface area (Å²) in [6, 6.07) is 0.0108. The smallest absolute Gasteiger partial charge is 0.180 e. The lowest BCUT2D eigenvalue weighted by molar-refractivity contribution is 0.278. The highest BCUT2D eigenvalue weighted by molar-refractivity contribution is 4.92. The van der Waals surface area contributed by atoms with Crippen LogP contribution in [0.1, 0.15) is 25.0 Å². The molecule has 1 fully saturated rings. The zero-order valence-corrected chi connectivity index (χ0v) is 7.37. The van der Waals surface area contributed by atoms with E-state index < -0.39 is 6.17 Å². The van der Waals surface area contributed by atoms with E-state index in [-0.39, 0.29) is 6.04 Å². The van der Waals surface area contributed by atoms with E-state index in [2.05, 4.69) is 10.3 Å². The Morgan fingerprint density at radius 1 is 1.62 bits per heavy atom. The van der Waals surface area contributed by atoms with Crippen LogP contribution in [0.2, 0.25) is 0 Å². The minimum Gasteiger partial charge on any atom is -0.451 e. The molecule has 2 rings (SSSR count). The van der Waals surface area contributed by atoms with Crippen LogP contribution >= 0.6 is 0 Å². The van der Waals surface area contributed by atoms with Crippen molar-refractivity contribution in [3.63, 3.8) is 0 Å². The third-order valence-electron chi connectivity index (χ3n) is 2.46. The Morgan fingerprint density at radius 2 is 2.54 bits per heavy atom. The summed E-state index contributed by atoms with van der Waals surface area (Å²) in [5.41, 5.74) is 0.833. The molecule has 0 aromatic carbocycles. The van der Waals surface area contributed by atoms with Gasteiger partial charge in [-0.1, -0.05) is 0 Å². The molecular weight excluding hydrogens is 171 g/mol. The Bertz CT molecular complexity index is 250. The lowest BCUT2D eigenvalue weighted by atomic mass is 10.2. The SMILES string of the molecule is FC1CCCC1NCc1cocn1. The first-order valence-corrected chi connectivity index (χ1v) is 4.61. The topological polar surface area (TPSA) is 38.1 Å². The van der Waals surface area contributed by atoms with Crippen molar-refractivity contribution in [2.75, 3.05) is 0 Å². The van der Waals surface area contributed by atoms with Crippen molar-refractivity contribution in [1.82, 2.24) is 10.3 Å². The molecule has 0 radical (unpaired) electrons. The van der Waals surface area contributed by atoms with Crippen molar-refractivity contribution < 1.29 is 8.81 Å². The highest BCUT2D eigenvalue weighted by Crippen LogP contribution is 2.21. The van der Waals surface area contributed by atoms with E-state index in [9.17, 15) is 4.39 Å². The first kappa shape index (κ1) is 8.69. The average molecular weight is 184 g/mol. The summed E-state index contributed by atoms with van der Waals surface area (Å²) in [5.74, 6) is 0. The van der Waals surface area contributed by atoms with Gasteiger partial charge in [0.1, 0.15) is 12.4 Å². The summed E-state index contributed by atoms with van der Waals surface area (Å²) < 4.78 is 17.9. The van der Waals surface area contributed by atoms with E-state index >= 15 is 0 Å². The molecule has 2 unspecified atom stereocenters. The molecular formula is C9H13FN2O. The molecule has 1 aliphatic rings. The summed E-state index contributed by atoms with van der Waals surface area (Å²) in [4.78, 5) is 3.95. The normalized spacial score (nSPS) is 28.1. The third kappa shape index (κ3) is 2.06. The van der Waals surface area contributed by atoms with Gasteiger partial charge in [0.25, 0.3) is 0 Å². The van der Waals surface area contributed by atoms with Crippen LogP contribution in [0.4, 0.5) is 4.39 Å². The summed E-state index contributed by atoms with van der Waals surface area (Å²) in [5, 5.41) is 3.14. The van der Waals surface area contributed by atoms with Gasteiger partial charge < -0.3 is 9.73 Å². The van der Waals surface area contributed by atoms with E-state index in [0.717, 1.165) is 18.5 Å².